The maximum absolute atomic E-state index is 5.32. The van der Waals surface area contributed by atoms with Crippen LogP contribution in [0.5, 0.6) is 0 Å². The first-order valence-corrected chi connectivity index (χ1v) is 4.46. The maximum Gasteiger partial charge on any atom is 0.230 e. The predicted octanol–water partition coefficient (Wildman–Crippen LogP) is 0.497. The first-order chi connectivity index (χ1) is 6.36. The molecule has 0 bridgehead atoms. The summed E-state index contributed by atoms with van der Waals surface area (Å²) in [6.45, 7) is 3.76. The monoisotopic (exact) mass is 185 g/mol. The van der Waals surface area contributed by atoms with E-state index in [-0.39, 0.29) is 0 Å². The van der Waals surface area contributed by atoms with Crippen molar-refractivity contribution in [2.24, 2.45) is 5.73 Å². The highest BCUT2D eigenvalue weighted by molar-refractivity contribution is 4.80. The largest absolute Gasteiger partial charge is 0.424 e. The molecule has 13 heavy (non-hydrogen) atoms. The van der Waals surface area contributed by atoms with Gasteiger partial charge in [0.2, 0.25) is 11.8 Å². The Balaban J connectivity index is 2.20. The Labute approximate surface area is 77.3 Å². The fourth-order valence-electron chi connectivity index (χ4n) is 0.942. The SMILES string of the molecule is CCOCCCc1nnc(CN)o1. The van der Waals surface area contributed by atoms with Crippen molar-refractivity contribution in [1.29, 1.82) is 0 Å². The zero-order chi connectivity index (χ0) is 9.52. The predicted molar refractivity (Wildman–Crippen MR) is 47.0 cm³/mol. The van der Waals surface area contributed by atoms with Crippen LogP contribution in [0.15, 0.2) is 4.42 Å². The van der Waals surface area contributed by atoms with Crippen LogP contribution in [0.2, 0.25) is 0 Å². The molecule has 0 aromatic carbocycles. The van der Waals surface area contributed by atoms with Crippen molar-refractivity contribution in [2.75, 3.05) is 13.2 Å². The van der Waals surface area contributed by atoms with Gasteiger partial charge in [0.05, 0.1) is 6.54 Å². The van der Waals surface area contributed by atoms with E-state index in [0.717, 1.165) is 26.1 Å². The second-order valence-corrected chi connectivity index (χ2v) is 2.59. The number of rotatable bonds is 6. The van der Waals surface area contributed by atoms with Gasteiger partial charge in [-0.05, 0) is 13.3 Å². The number of aromatic nitrogens is 2. The summed E-state index contributed by atoms with van der Waals surface area (Å²) in [5.41, 5.74) is 5.32. The summed E-state index contributed by atoms with van der Waals surface area (Å²) >= 11 is 0. The lowest BCUT2D eigenvalue weighted by Gasteiger charge is -1.96. The Morgan fingerprint density at radius 2 is 2.15 bits per heavy atom. The molecule has 74 valence electrons. The minimum atomic E-state index is 0.304. The number of hydrogen-bond donors (Lipinski definition) is 1. The minimum Gasteiger partial charge on any atom is -0.424 e. The maximum atomic E-state index is 5.32. The third kappa shape index (κ3) is 3.52. The Bertz CT molecular complexity index is 237. The molecule has 0 spiro atoms. The van der Waals surface area contributed by atoms with Gasteiger partial charge in [-0.1, -0.05) is 0 Å². The number of aryl methyl sites for hydroxylation is 1. The number of ether oxygens (including phenoxy) is 1. The molecule has 5 nitrogen and oxygen atoms in total. The Kier molecular flexibility index (Phi) is 4.42. The molecule has 0 radical (unpaired) electrons. The van der Waals surface area contributed by atoms with Crippen LogP contribution in [0.25, 0.3) is 0 Å². The fourth-order valence-corrected chi connectivity index (χ4v) is 0.942. The lowest BCUT2D eigenvalue weighted by Crippen LogP contribution is -1.96. The summed E-state index contributed by atoms with van der Waals surface area (Å²) in [6.07, 6.45) is 1.66. The molecule has 1 rings (SSSR count). The van der Waals surface area contributed by atoms with Gasteiger partial charge in [-0.2, -0.15) is 0 Å². The van der Waals surface area contributed by atoms with E-state index in [0.29, 0.717) is 18.3 Å². The number of nitrogens with zero attached hydrogens (tertiary/aromatic N) is 2. The van der Waals surface area contributed by atoms with Crippen LogP contribution in [-0.2, 0) is 17.7 Å². The minimum absolute atomic E-state index is 0.304. The second kappa shape index (κ2) is 5.66. The van der Waals surface area contributed by atoms with E-state index in [1.54, 1.807) is 0 Å². The highest BCUT2D eigenvalue weighted by atomic mass is 16.5. The van der Waals surface area contributed by atoms with Crippen molar-refractivity contribution in [2.45, 2.75) is 26.3 Å². The van der Waals surface area contributed by atoms with Gasteiger partial charge in [0.15, 0.2) is 0 Å². The Morgan fingerprint density at radius 3 is 2.77 bits per heavy atom. The molecular weight excluding hydrogens is 170 g/mol. The quantitative estimate of drug-likeness (QED) is 0.653. The van der Waals surface area contributed by atoms with Crippen molar-refractivity contribution in [3.05, 3.63) is 11.8 Å². The van der Waals surface area contributed by atoms with Crippen molar-refractivity contribution in [1.82, 2.24) is 10.2 Å². The summed E-state index contributed by atoms with van der Waals surface area (Å²) in [5.74, 6) is 1.13. The van der Waals surface area contributed by atoms with E-state index in [1.807, 2.05) is 6.92 Å². The van der Waals surface area contributed by atoms with Crippen LogP contribution in [0, 0.1) is 0 Å². The zero-order valence-corrected chi connectivity index (χ0v) is 7.82. The lowest BCUT2D eigenvalue weighted by molar-refractivity contribution is 0.143. The lowest BCUT2D eigenvalue weighted by atomic mass is 10.3. The topological polar surface area (TPSA) is 74.2 Å². The van der Waals surface area contributed by atoms with Crippen LogP contribution in [0.1, 0.15) is 25.1 Å². The van der Waals surface area contributed by atoms with E-state index in [4.69, 9.17) is 14.9 Å². The molecular formula is C8H15N3O2. The smallest absolute Gasteiger partial charge is 0.230 e. The van der Waals surface area contributed by atoms with Gasteiger partial charge in [0, 0.05) is 19.6 Å². The molecule has 0 fully saturated rings. The average molecular weight is 185 g/mol. The van der Waals surface area contributed by atoms with Crippen molar-refractivity contribution in [3.8, 4) is 0 Å². The molecule has 2 N–H and O–H groups in total. The molecule has 1 aromatic rings. The summed E-state index contributed by atoms with van der Waals surface area (Å²) in [4.78, 5) is 0. The summed E-state index contributed by atoms with van der Waals surface area (Å²) < 4.78 is 10.4. The number of hydrogen-bond acceptors (Lipinski definition) is 5. The van der Waals surface area contributed by atoms with Crippen LogP contribution in [0.4, 0.5) is 0 Å². The molecule has 0 aliphatic carbocycles. The molecule has 1 heterocycles. The van der Waals surface area contributed by atoms with E-state index >= 15 is 0 Å². The van der Waals surface area contributed by atoms with E-state index in [2.05, 4.69) is 10.2 Å². The van der Waals surface area contributed by atoms with Gasteiger partial charge < -0.3 is 14.9 Å². The van der Waals surface area contributed by atoms with Crippen LogP contribution in [-0.4, -0.2) is 23.4 Å². The van der Waals surface area contributed by atoms with E-state index < -0.39 is 0 Å². The molecule has 5 heteroatoms. The first-order valence-electron chi connectivity index (χ1n) is 4.46. The Morgan fingerprint density at radius 1 is 1.38 bits per heavy atom. The van der Waals surface area contributed by atoms with E-state index in [1.165, 1.54) is 0 Å². The third-order valence-corrected chi connectivity index (χ3v) is 1.57. The summed E-state index contributed by atoms with van der Waals surface area (Å²) in [5, 5.41) is 7.58. The highest BCUT2D eigenvalue weighted by Crippen LogP contribution is 2.01. The van der Waals surface area contributed by atoms with Crippen LogP contribution >= 0.6 is 0 Å². The fraction of sp³-hybridized carbons (Fsp3) is 0.750. The number of nitrogens with two attached hydrogens (primary N) is 1. The molecule has 0 saturated carbocycles. The standard InChI is InChI=1S/C8H15N3O2/c1-2-12-5-3-4-7-10-11-8(6-9)13-7/h2-6,9H2,1H3. The van der Waals surface area contributed by atoms with E-state index in [9.17, 15) is 0 Å². The Hall–Kier alpha value is -0.940. The van der Waals surface area contributed by atoms with Gasteiger partial charge in [0.25, 0.3) is 0 Å². The normalized spacial score (nSPS) is 10.6. The van der Waals surface area contributed by atoms with Crippen LogP contribution in [0.3, 0.4) is 0 Å². The molecule has 0 aliphatic rings. The molecule has 0 saturated heterocycles. The second-order valence-electron chi connectivity index (χ2n) is 2.59. The highest BCUT2D eigenvalue weighted by Gasteiger charge is 2.02. The molecule has 0 aliphatic heterocycles. The zero-order valence-electron chi connectivity index (χ0n) is 7.82. The molecule has 0 amide bonds. The summed E-state index contributed by atoms with van der Waals surface area (Å²) in [6, 6.07) is 0. The van der Waals surface area contributed by atoms with Gasteiger partial charge in [-0.15, -0.1) is 10.2 Å². The van der Waals surface area contributed by atoms with Crippen molar-refractivity contribution >= 4 is 0 Å². The molecule has 0 unspecified atom stereocenters. The first kappa shape index (κ1) is 10.1. The van der Waals surface area contributed by atoms with Gasteiger partial charge in [-0.3, -0.25) is 0 Å². The third-order valence-electron chi connectivity index (χ3n) is 1.57. The van der Waals surface area contributed by atoms with Gasteiger partial charge in [-0.25, -0.2) is 0 Å². The van der Waals surface area contributed by atoms with Gasteiger partial charge >= 0.3 is 0 Å². The van der Waals surface area contributed by atoms with Crippen molar-refractivity contribution in [3.63, 3.8) is 0 Å². The molecule has 1 aromatic heterocycles. The van der Waals surface area contributed by atoms with Gasteiger partial charge in [0.1, 0.15) is 0 Å². The van der Waals surface area contributed by atoms with Crippen LogP contribution < -0.4 is 5.73 Å². The molecule has 0 atom stereocenters. The average Bonchev–Trinajstić information content (AvgIpc) is 2.60. The van der Waals surface area contributed by atoms with Crippen molar-refractivity contribution < 1.29 is 9.15 Å². The summed E-state index contributed by atoms with van der Waals surface area (Å²) in [7, 11) is 0.